The summed E-state index contributed by atoms with van der Waals surface area (Å²) in [6.45, 7) is 10.1. The molecule has 0 spiro atoms. The zero-order valence-corrected chi connectivity index (χ0v) is 16.5. The number of carbonyl (C=O) groups excluding carboxylic acids is 2. The molecule has 0 saturated heterocycles. The standard InChI is InChI=1S/C19H34N2O4/c1-12(2)10-14(15(17(23)24)13-8-7-9-13)16(22)21(18(25)20-6)11-19(3,4)5/h12-15H,7-11H2,1-6H3,(H,20,25)(H,23,24)/t14-,15+/m1/s1. The van der Waals surface area contributed by atoms with Crippen LogP contribution in [0.3, 0.4) is 0 Å². The monoisotopic (exact) mass is 354 g/mol. The van der Waals surface area contributed by atoms with Crippen LogP contribution < -0.4 is 5.32 Å². The molecule has 6 nitrogen and oxygen atoms in total. The third-order valence-corrected chi connectivity index (χ3v) is 4.78. The Bertz CT molecular complexity index is 492. The number of hydrogen-bond acceptors (Lipinski definition) is 3. The summed E-state index contributed by atoms with van der Waals surface area (Å²) in [7, 11) is 1.49. The highest BCUT2D eigenvalue weighted by atomic mass is 16.4. The van der Waals surface area contributed by atoms with Gasteiger partial charge >= 0.3 is 12.0 Å². The first-order valence-corrected chi connectivity index (χ1v) is 9.23. The third kappa shape index (κ3) is 6.01. The Hall–Kier alpha value is -1.59. The largest absolute Gasteiger partial charge is 0.481 e. The Morgan fingerprint density at radius 2 is 1.76 bits per heavy atom. The van der Waals surface area contributed by atoms with Gasteiger partial charge in [0.15, 0.2) is 0 Å². The minimum atomic E-state index is -0.920. The predicted molar refractivity (Wildman–Crippen MR) is 97.0 cm³/mol. The maximum absolute atomic E-state index is 13.2. The molecule has 0 aromatic carbocycles. The summed E-state index contributed by atoms with van der Waals surface area (Å²) >= 11 is 0. The molecule has 0 aromatic heterocycles. The van der Waals surface area contributed by atoms with E-state index in [4.69, 9.17) is 0 Å². The molecule has 1 rings (SSSR count). The lowest BCUT2D eigenvalue weighted by molar-refractivity contribution is -0.154. The van der Waals surface area contributed by atoms with Gasteiger partial charge in [-0.3, -0.25) is 14.5 Å². The van der Waals surface area contributed by atoms with Gasteiger partial charge in [0.2, 0.25) is 5.91 Å². The second-order valence-electron chi connectivity index (χ2n) is 8.83. The molecule has 1 saturated carbocycles. The van der Waals surface area contributed by atoms with E-state index in [0.717, 1.165) is 19.3 Å². The van der Waals surface area contributed by atoms with Crippen molar-refractivity contribution in [2.45, 2.75) is 60.3 Å². The zero-order chi connectivity index (χ0) is 19.4. The first-order valence-electron chi connectivity index (χ1n) is 9.23. The quantitative estimate of drug-likeness (QED) is 0.734. The van der Waals surface area contributed by atoms with E-state index in [0.29, 0.717) is 6.42 Å². The van der Waals surface area contributed by atoms with Gasteiger partial charge in [-0.15, -0.1) is 0 Å². The molecule has 1 fully saturated rings. The van der Waals surface area contributed by atoms with Crippen molar-refractivity contribution in [2.75, 3.05) is 13.6 Å². The predicted octanol–water partition coefficient (Wildman–Crippen LogP) is 3.36. The highest BCUT2D eigenvalue weighted by Crippen LogP contribution is 2.40. The fraction of sp³-hybridized carbons (Fsp3) is 0.842. The summed E-state index contributed by atoms with van der Waals surface area (Å²) in [5.74, 6) is -2.44. The SMILES string of the molecule is CNC(=O)N(CC(C)(C)C)C(=O)[C@H](CC(C)C)[C@@H](C(=O)O)C1CCC1. The van der Waals surface area contributed by atoms with Gasteiger partial charge in [-0.1, -0.05) is 41.0 Å². The van der Waals surface area contributed by atoms with Crippen molar-refractivity contribution in [1.29, 1.82) is 0 Å². The highest BCUT2D eigenvalue weighted by Gasteiger charge is 2.44. The number of nitrogens with one attached hydrogen (secondary N) is 1. The van der Waals surface area contributed by atoms with E-state index in [2.05, 4.69) is 5.32 Å². The minimum absolute atomic E-state index is 0.0337. The molecular formula is C19H34N2O4. The minimum Gasteiger partial charge on any atom is -0.481 e. The van der Waals surface area contributed by atoms with Gasteiger partial charge in [-0.05, 0) is 36.5 Å². The van der Waals surface area contributed by atoms with Gasteiger partial charge in [0.25, 0.3) is 0 Å². The molecule has 0 bridgehead atoms. The fourth-order valence-electron chi connectivity index (χ4n) is 3.47. The van der Waals surface area contributed by atoms with E-state index in [1.807, 2.05) is 34.6 Å². The molecule has 3 amide bonds. The number of nitrogens with zero attached hydrogens (tertiary/aromatic N) is 1. The van der Waals surface area contributed by atoms with Crippen LogP contribution in [0.2, 0.25) is 0 Å². The average molecular weight is 354 g/mol. The Kier molecular flexibility index (Phi) is 7.44. The number of amides is 3. The summed E-state index contributed by atoms with van der Waals surface area (Å²) in [6.07, 6.45) is 3.18. The summed E-state index contributed by atoms with van der Waals surface area (Å²) in [6, 6.07) is -0.466. The van der Waals surface area contributed by atoms with Crippen LogP contribution in [0, 0.1) is 29.1 Å². The number of imide groups is 1. The third-order valence-electron chi connectivity index (χ3n) is 4.78. The molecular weight excluding hydrogens is 320 g/mol. The van der Waals surface area contributed by atoms with Crippen molar-refractivity contribution in [3.63, 3.8) is 0 Å². The van der Waals surface area contributed by atoms with Crippen molar-refractivity contribution < 1.29 is 19.5 Å². The van der Waals surface area contributed by atoms with Crippen LogP contribution in [-0.2, 0) is 9.59 Å². The molecule has 2 N–H and O–H groups in total. The smallest absolute Gasteiger partial charge is 0.323 e. The van der Waals surface area contributed by atoms with Crippen LogP contribution >= 0.6 is 0 Å². The second-order valence-corrected chi connectivity index (χ2v) is 8.83. The van der Waals surface area contributed by atoms with Crippen LogP contribution in [0.5, 0.6) is 0 Å². The van der Waals surface area contributed by atoms with E-state index >= 15 is 0 Å². The van der Waals surface area contributed by atoms with Crippen molar-refractivity contribution in [2.24, 2.45) is 29.1 Å². The van der Waals surface area contributed by atoms with Gasteiger partial charge in [0.05, 0.1) is 11.8 Å². The van der Waals surface area contributed by atoms with E-state index < -0.39 is 23.8 Å². The number of carboxylic acid groups (broad SMARTS) is 1. The summed E-state index contributed by atoms with van der Waals surface area (Å²) < 4.78 is 0. The van der Waals surface area contributed by atoms with Crippen LogP contribution in [0.4, 0.5) is 4.79 Å². The molecule has 0 unspecified atom stereocenters. The van der Waals surface area contributed by atoms with Gasteiger partial charge < -0.3 is 10.4 Å². The van der Waals surface area contributed by atoms with Crippen LogP contribution in [0.1, 0.15) is 60.3 Å². The lowest BCUT2D eigenvalue weighted by Gasteiger charge is -2.38. The topological polar surface area (TPSA) is 86.7 Å². The maximum atomic E-state index is 13.2. The molecule has 0 heterocycles. The van der Waals surface area contributed by atoms with Crippen molar-refractivity contribution in [1.82, 2.24) is 10.2 Å². The Balaban J connectivity index is 3.17. The van der Waals surface area contributed by atoms with Crippen molar-refractivity contribution >= 4 is 17.9 Å². The average Bonchev–Trinajstić information content (AvgIpc) is 2.43. The van der Waals surface area contributed by atoms with E-state index in [1.54, 1.807) is 0 Å². The summed E-state index contributed by atoms with van der Waals surface area (Å²) in [4.78, 5) is 38.7. The van der Waals surface area contributed by atoms with Gasteiger partial charge in [-0.2, -0.15) is 0 Å². The van der Waals surface area contributed by atoms with Crippen molar-refractivity contribution in [3.05, 3.63) is 0 Å². The number of hydrogen-bond donors (Lipinski definition) is 2. The summed E-state index contributed by atoms with van der Waals surface area (Å²) in [5, 5.41) is 12.3. The number of carbonyl (C=O) groups is 3. The fourth-order valence-corrected chi connectivity index (χ4v) is 3.47. The number of carboxylic acids is 1. The molecule has 144 valence electrons. The van der Waals surface area contributed by atoms with Gasteiger partial charge in [0, 0.05) is 13.6 Å². The Labute approximate surface area is 151 Å². The molecule has 0 aromatic rings. The normalized spacial score (nSPS) is 17.6. The first-order chi connectivity index (χ1) is 11.5. The molecule has 0 radical (unpaired) electrons. The van der Waals surface area contributed by atoms with Crippen molar-refractivity contribution in [3.8, 4) is 0 Å². The number of urea groups is 1. The van der Waals surface area contributed by atoms with E-state index in [-0.39, 0.29) is 29.7 Å². The van der Waals surface area contributed by atoms with Crippen LogP contribution in [0.15, 0.2) is 0 Å². The second kappa shape index (κ2) is 8.68. The Morgan fingerprint density at radius 1 is 1.20 bits per heavy atom. The number of aliphatic carboxylic acids is 1. The molecule has 1 aliphatic rings. The zero-order valence-electron chi connectivity index (χ0n) is 16.5. The lowest BCUT2D eigenvalue weighted by Crippen LogP contribution is -2.52. The maximum Gasteiger partial charge on any atom is 0.323 e. The highest BCUT2D eigenvalue weighted by molar-refractivity contribution is 5.97. The molecule has 1 aliphatic carbocycles. The molecule has 6 heteroatoms. The van der Waals surface area contributed by atoms with Gasteiger partial charge in [-0.25, -0.2) is 4.79 Å². The van der Waals surface area contributed by atoms with Crippen LogP contribution in [-0.4, -0.2) is 41.5 Å². The molecule has 2 atom stereocenters. The molecule has 0 aliphatic heterocycles. The number of rotatable bonds is 7. The van der Waals surface area contributed by atoms with E-state index in [1.165, 1.54) is 11.9 Å². The first kappa shape index (κ1) is 21.5. The van der Waals surface area contributed by atoms with E-state index in [9.17, 15) is 19.5 Å². The van der Waals surface area contributed by atoms with Gasteiger partial charge in [0.1, 0.15) is 0 Å². The lowest BCUT2D eigenvalue weighted by atomic mass is 9.68. The summed E-state index contributed by atoms with van der Waals surface area (Å²) in [5.41, 5.74) is -0.264. The van der Waals surface area contributed by atoms with Crippen LogP contribution in [0.25, 0.3) is 0 Å². The Morgan fingerprint density at radius 3 is 2.08 bits per heavy atom. The molecule has 25 heavy (non-hydrogen) atoms.